The SMILES string of the molecule is CCNC(CSc1ccccc1)c1ccc(F)c(F)c1F. The zero-order chi connectivity index (χ0) is 15.2. The topological polar surface area (TPSA) is 12.0 Å². The van der Waals surface area contributed by atoms with Gasteiger partial charge in [0.1, 0.15) is 0 Å². The van der Waals surface area contributed by atoms with E-state index in [-0.39, 0.29) is 11.6 Å². The highest BCUT2D eigenvalue weighted by Crippen LogP contribution is 2.27. The van der Waals surface area contributed by atoms with E-state index in [4.69, 9.17) is 0 Å². The highest BCUT2D eigenvalue weighted by molar-refractivity contribution is 7.99. The maximum atomic E-state index is 13.9. The van der Waals surface area contributed by atoms with Crippen molar-refractivity contribution in [2.24, 2.45) is 0 Å². The Morgan fingerprint density at radius 3 is 2.38 bits per heavy atom. The summed E-state index contributed by atoms with van der Waals surface area (Å²) < 4.78 is 40.3. The summed E-state index contributed by atoms with van der Waals surface area (Å²) in [6.07, 6.45) is 0. The predicted molar refractivity (Wildman–Crippen MR) is 79.9 cm³/mol. The van der Waals surface area contributed by atoms with E-state index in [1.165, 1.54) is 17.8 Å². The van der Waals surface area contributed by atoms with Gasteiger partial charge in [0.15, 0.2) is 17.5 Å². The minimum atomic E-state index is -1.42. The monoisotopic (exact) mass is 311 g/mol. The van der Waals surface area contributed by atoms with Gasteiger partial charge in [0, 0.05) is 22.3 Å². The molecule has 0 aliphatic carbocycles. The second kappa shape index (κ2) is 7.52. The lowest BCUT2D eigenvalue weighted by molar-refractivity contribution is 0.431. The van der Waals surface area contributed by atoms with Crippen molar-refractivity contribution in [3.63, 3.8) is 0 Å². The van der Waals surface area contributed by atoms with Crippen molar-refractivity contribution in [2.75, 3.05) is 12.3 Å². The van der Waals surface area contributed by atoms with Gasteiger partial charge in [0.05, 0.1) is 0 Å². The first-order valence-corrected chi connectivity index (χ1v) is 7.66. The molecule has 0 bridgehead atoms. The van der Waals surface area contributed by atoms with Crippen LogP contribution in [0.15, 0.2) is 47.4 Å². The molecule has 2 rings (SSSR count). The van der Waals surface area contributed by atoms with E-state index in [2.05, 4.69) is 5.32 Å². The molecular formula is C16H16F3NS. The number of rotatable bonds is 6. The second-order valence-electron chi connectivity index (χ2n) is 4.50. The normalized spacial score (nSPS) is 12.4. The molecule has 0 amide bonds. The van der Waals surface area contributed by atoms with Crippen LogP contribution < -0.4 is 5.32 Å². The second-order valence-corrected chi connectivity index (χ2v) is 5.59. The molecule has 112 valence electrons. The van der Waals surface area contributed by atoms with Crippen LogP contribution in [0.1, 0.15) is 18.5 Å². The van der Waals surface area contributed by atoms with Crippen molar-refractivity contribution < 1.29 is 13.2 Å². The van der Waals surface area contributed by atoms with Crippen molar-refractivity contribution in [3.8, 4) is 0 Å². The largest absolute Gasteiger partial charge is 0.309 e. The number of halogens is 3. The smallest absolute Gasteiger partial charge is 0.194 e. The molecule has 0 saturated heterocycles. The summed E-state index contributed by atoms with van der Waals surface area (Å²) in [6, 6.07) is 11.5. The standard InChI is InChI=1S/C16H16F3NS/c1-2-20-14(10-21-11-6-4-3-5-7-11)12-8-9-13(17)16(19)15(12)18/h3-9,14,20H,2,10H2,1H3. The van der Waals surface area contributed by atoms with E-state index in [0.717, 1.165) is 11.0 Å². The van der Waals surface area contributed by atoms with Crippen LogP contribution in [0.4, 0.5) is 13.2 Å². The van der Waals surface area contributed by atoms with E-state index < -0.39 is 17.5 Å². The van der Waals surface area contributed by atoms with Crippen molar-refractivity contribution in [3.05, 3.63) is 65.5 Å². The number of thioether (sulfide) groups is 1. The Balaban J connectivity index is 2.17. The van der Waals surface area contributed by atoms with Crippen LogP contribution in [0, 0.1) is 17.5 Å². The molecule has 0 aromatic heterocycles. The Bertz CT molecular complexity index is 590. The molecule has 2 aromatic carbocycles. The predicted octanol–water partition coefficient (Wildman–Crippen LogP) is 4.55. The Morgan fingerprint density at radius 2 is 1.71 bits per heavy atom. The molecule has 0 aliphatic heterocycles. The van der Waals surface area contributed by atoms with Gasteiger partial charge in [-0.25, -0.2) is 13.2 Å². The Hall–Kier alpha value is -1.46. The minimum absolute atomic E-state index is 0.152. The van der Waals surface area contributed by atoms with Gasteiger partial charge in [0.2, 0.25) is 0 Å². The van der Waals surface area contributed by atoms with Crippen molar-refractivity contribution >= 4 is 11.8 Å². The van der Waals surface area contributed by atoms with E-state index in [1.807, 2.05) is 37.3 Å². The van der Waals surface area contributed by atoms with Crippen LogP contribution in [0.3, 0.4) is 0 Å². The van der Waals surface area contributed by atoms with Gasteiger partial charge in [0.25, 0.3) is 0 Å². The fraction of sp³-hybridized carbons (Fsp3) is 0.250. The lowest BCUT2D eigenvalue weighted by Gasteiger charge is -2.19. The third-order valence-corrected chi connectivity index (χ3v) is 4.16. The maximum Gasteiger partial charge on any atom is 0.194 e. The van der Waals surface area contributed by atoms with Crippen LogP contribution >= 0.6 is 11.8 Å². The fourth-order valence-electron chi connectivity index (χ4n) is 2.01. The average molecular weight is 311 g/mol. The molecule has 5 heteroatoms. The molecule has 0 fully saturated rings. The van der Waals surface area contributed by atoms with E-state index in [0.29, 0.717) is 12.3 Å². The molecule has 1 N–H and O–H groups in total. The Labute approximate surface area is 126 Å². The number of nitrogens with one attached hydrogen (secondary N) is 1. The molecule has 1 atom stereocenters. The van der Waals surface area contributed by atoms with Crippen molar-refractivity contribution in [2.45, 2.75) is 17.9 Å². The zero-order valence-electron chi connectivity index (χ0n) is 11.6. The number of benzene rings is 2. The molecular weight excluding hydrogens is 295 g/mol. The van der Waals surface area contributed by atoms with Gasteiger partial charge in [-0.3, -0.25) is 0 Å². The first kappa shape index (κ1) is 15.9. The fourth-order valence-corrected chi connectivity index (χ4v) is 3.02. The van der Waals surface area contributed by atoms with Gasteiger partial charge < -0.3 is 5.32 Å². The molecule has 21 heavy (non-hydrogen) atoms. The lowest BCUT2D eigenvalue weighted by Crippen LogP contribution is -2.24. The van der Waals surface area contributed by atoms with Crippen LogP contribution in [0.2, 0.25) is 0 Å². The highest BCUT2D eigenvalue weighted by atomic mass is 32.2. The molecule has 0 radical (unpaired) electrons. The minimum Gasteiger partial charge on any atom is -0.309 e. The van der Waals surface area contributed by atoms with Crippen LogP contribution in [-0.4, -0.2) is 12.3 Å². The highest BCUT2D eigenvalue weighted by Gasteiger charge is 2.20. The number of hydrogen-bond donors (Lipinski definition) is 1. The number of hydrogen-bond acceptors (Lipinski definition) is 2. The molecule has 0 heterocycles. The Morgan fingerprint density at radius 1 is 1.00 bits per heavy atom. The van der Waals surface area contributed by atoms with Crippen LogP contribution in [0.25, 0.3) is 0 Å². The summed E-state index contributed by atoms with van der Waals surface area (Å²) in [4.78, 5) is 1.04. The summed E-state index contributed by atoms with van der Waals surface area (Å²) >= 11 is 1.54. The molecule has 0 saturated carbocycles. The Kier molecular flexibility index (Phi) is 5.70. The van der Waals surface area contributed by atoms with Gasteiger partial charge in [-0.1, -0.05) is 31.2 Å². The molecule has 1 unspecified atom stereocenters. The van der Waals surface area contributed by atoms with Gasteiger partial charge in [-0.15, -0.1) is 11.8 Å². The molecule has 0 spiro atoms. The third kappa shape index (κ3) is 4.02. The summed E-state index contributed by atoms with van der Waals surface area (Å²) in [5, 5.41) is 3.11. The molecule has 2 aromatic rings. The lowest BCUT2D eigenvalue weighted by atomic mass is 10.1. The molecule has 1 nitrogen and oxygen atoms in total. The van der Waals surface area contributed by atoms with E-state index >= 15 is 0 Å². The molecule has 0 aliphatic rings. The van der Waals surface area contributed by atoms with Gasteiger partial charge >= 0.3 is 0 Å². The summed E-state index contributed by atoms with van der Waals surface area (Å²) in [6.45, 7) is 2.50. The quantitative estimate of drug-likeness (QED) is 0.620. The van der Waals surface area contributed by atoms with Gasteiger partial charge in [-0.05, 0) is 24.7 Å². The van der Waals surface area contributed by atoms with Crippen molar-refractivity contribution in [1.29, 1.82) is 0 Å². The maximum absolute atomic E-state index is 13.9. The average Bonchev–Trinajstić information content (AvgIpc) is 2.51. The van der Waals surface area contributed by atoms with Crippen LogP contribution in [-0.2, 0) is 0 Å². The van der Waals surface area contributed by atoms with E-state index in [9.17, 15) is 13.2 Å². The van der Waals surface area contributed by atoms with E-state index in [1.54, 1.807) is 0 Å². The summed E-state index contributed by atoms with van der Waals surface area (Å²) in [5.41, 5.74) is 0.152. The first-order valence-electron chi connectivity index (χ1n) is 6.68. The van der Waals surface area contributed by atoms with Gasteiger partial charge in [-0.2, -0.15) is 0 Å². The summed E-state index contributed by atoms with van der Waals surface area (Å²) in [5.74, 6) is -3.17. The third-order valence-electron chi connectivity index (χ3n) is 3.05. The van der Waals surface area contributed by atoms with Crippen molar-refractivity contribution in [1.82, 2.24) is 5.32 Å². The van der Waals surface area contributed by atoms with Crippen LogP contribution in [0.5, 0.6) is 0 Å². The zero-order valence-corrected chi connectivity index (χ0v) is 12.4. The first-order chi connectivity index (χ1) is 10.1. The summed E-state index contributed by atoms with van der Waals surface area (Å²) in [7, 11) is 0.